The van der Waals surface area contributed by atoms with E-state index in [-0.39, 0.29) is 36.7 Å². The fourth-order valence-corrected chi connectivity index (χ4v) is 0.715. The van der Waals surface area contributed by atoms with E-state index in [9.17, 15) is 4.79 Å². The molecular weight excluding hydrogens is 262 g/mol. The summed E-state index contributed by atoms with van der Waals surface area (Å²) in [5.74, 6) is -0.261. The molecule has 0 aliphatic carbocycles. The molecule has 4 N–H and O–H groups in total. The van der Waals surface area contributed by atoms with Crippen LogP contribution < -0.4 is 29.6 Å². The summed E-state index contributed by atoms with van der Waals surface area (Å²) in [4.78, 5) is 32.4. The molecule has 0 aliphatic heterocycles. The van der Waals surface area contributed by atoms with Crippen molar-refractivity contribution in [3.05, 3.63) is 29.8 Å². The molecule has 0 saturated heterocycles. The Morgan fingerprint density at radius 3 is 1.88 bits per heavy atom. The number of phenols is 1. The summed E-state index contributed by atoms with van der Waals surface area (Å²) >= 11 is 0. The molecule has 7 nitrogen and oxygen atoms in total. The molecule has 0 atom stereocenters. The van der Waals surface area contributed by atoms with Crippen molar-refractivity contribution in [3.63, 3.8) is 0 Å². The van der Waals surface area contributed by atoms with Crippen molar-refractivity contribution < 1.29 is 64.9 Å². The van der Waals surface area contributed by atoms with Crippen molar-refractivity contribution in [2.45, 2.75) is 0 Å². The number of aromatic hydroxyl groups is 1. The molecule has 9 heteroatoms. The van der Waals surface area contributed by atoms with E-state index in [0.717, 1.165) is 0 Å². The molecule has 0 aromatic heterocycles. The largest absolute Gasteiger partial charge is 1.00 e. The van der Waals surface area contributed by atoms with Gasteiger partial charge in [-0.2, -0.15) is 0 Å². The zero-order valence-electron chi connectivity index (χ0n) is 10.3. The third-order valence-electron chi connectivity index (χ3n) is 1.29. The number of ether oxygens (including phenoxy) is 1. The zero-order valence-corrected chi connectivity index (χ0v) is 12.2. The molecule has 0 bridgehead atoms. The summed E-state index contributed by atoms with van der Waals surface area (Å²) in [6.07, 6.45) is 0. The Labute approximate surface area is 121 Å². The quantitative estimate of drug-likeness (QED) is 0.251. The van der Waals surface area contributed by atoms with E-state index in [2.05, 4.69) is 4.74 Å². The summed E-state index contributed by atoms with van der Waals surface area (Å²) in [6, 6.07) is 5.88. The van der Waals surface area contributed by atoms with E-state index in [4.69, 9.17) is 24.4 Å². The second-order valence-corrected chi connectivity index (χ2v) is 3.58. The normalized spacial score (nSPS) is 9.41. The van der Waals surface area contributed by atoms with Crippen LogP contribution in [0.3, 0.4) is 0 Å². The topological polar surface area (TPSA) is 124 Å². The number of carbonyl (C=O) groups excluding carboxylic acids is 1. The molecule has 0 radical (unpaired) electrons. The standard InChI is InChI=1S/C8H8O3.Na.H3O4P.H/c1-11-8(10)6-2-4-7(9)5-3-6;;1-5(2,3)4;/h2-5,9H,1H3;;(H3,1,2,3,4);/q;+1;;-1. The molecule has 0 spiro atoms. The van der Waals surface area contributed by atoms with Crippen molar-refractivity contribution in [2.75, 3.05) is 7.11 Å². The molecule has 0 saturated carbocycles. The van der Waals surface area contributed by atoms with Gasteiger partial charge >= 0.3 is 43.3 Å². The van der Waals surface area contributed by atoms with Crippen LogP contribution in [-0.4, -0.2) is 32.9 Å². The van der Waals surface area contributed by atoms with Crippen LogP contribution in [0.25, 0.3) is 0 Å². The third-order valence-corrected chi connectivity index (χ3v) is 1.29. The van der Waals surface area contributed by atoms with Crippen LogP contribution in [0.1, 0.15) is 11.8 Å². The van der Waals surface area contributed by atoms with Gasteiger partial charge in [-0.05, 0) is 24.3 Å². The van der Waals surface area contributed by atoms with Gasteiger partial charge in [-0.1, -0.05) is 0 Å². The number of hydrogen-bond donors (Lipinski definition) is 4. The maximum absolute atomic E-state index is 10.8. The SMILES string of the molecule is COC(=O)c1ccc(O)cc1.O=P(O)(O)O.[H-].[Na+]. The number of phosphoric acid groups is 1. The first-order chi connectivity index (χ1) is 7.24. The smallest absolute Gasteiger partial charge is 1.00 e. The fourth-order valence-electron chi connectivity index (χ4n) is 0.715. The first-order valence-electron chi connectivity index (χ1n) is 3.89. The number of rotatable bonds is 1. The average molecular weight is 274 g/mol. The van der Waals surface area contributed by atoms with Crippen LogP contribution in [0.4, 0.5) is 0 Å². The zero-order chi connectivity index (χ0) is 12.8. The summed E-state index contributed by atoms with van der Waals surface area (Å²) < 4.78 is 13.3. The predicted molar refractivity (Wildman–Crippen MR) is 54.8 cm³/mol. The molecule has 1 aromatic rings. The van der Waals surface area contributed by atoms with Gasteiger partial charge in [0.15, 0.2) is 0 Å². The van der Waals surface area contributed by atoms with Crippen molar-refractivity contribution in [3.8, 4) is 5.75 Å². The summed E-state index contributed by atoms with van der Waals surface area (Å²) in [7, 11) is -3.32. The van der Waals surface area contributed by atoms with Crippen molar-refractivity contribution in [1.29, 1.82) is 0 Å². The van der Waals surface area contributed by atoms with Crippen LogP contribution in [0.15, 0.2) is 24.3 Å². The van der Waals surface area contributed by atoms with E-state index >= 15 is 0 Å². The Kier molecular flexibility index (Phi) is 9.65. The van der Waals surface area contributed by atoms with Crippen LogP contribution in [0.2, 0.25) is 0 Å². The van der Waals surface area contributed by atoms with Crippen molar-refractivity contribution in [1.82, 2.24) is 0 Å². The van der Waals surface area contributed by atoms with Gasteiger partial charge in [-0.25, -0.2) is 9.36 Å². The molecule has 0 amide bonds. The molecule has 0 heterocycles. The van der Waals surface area contributed by atoms with E-state index in [0.29, 0.717) is 5.56 Å². The molecule has 1 aromatic carbocycles. The third kappa shape index (κ3) is 11.9. The minimum Gasteiger partial charge on any atom is -1.00 e. The summed E-state index contributed by atoms with van der Waals surface area (Å²) in [5, 5.41) is 8.86. The van der Waals surface area contributed by atoms with Crippen molar-refractivity contribution >= 4 is 13.8 Å². The van der Waals surface area contributed by atoms with Crippen LogP contribution in [0.5, 0.6) is 5.75 Å². The van der Waals surface area contributed by atoms with E-state index in [1.165, 1.54) is 31.4 Å². The first kappa shape index (κ1) is 19.0. The Bertz CT molecular complexity index is 383. The number of methoxy groups -OCH3 is 1. The molecule has 92 valence electrons. The maximum atomic E-state index is 10.8. The van der Waals surface area contributed by atoms with Gasteiger partial charge in [-0.15, -0.1) is 0 Å². The summed E-state index contributed by atoms with van der Waals surface area (Å²) in [6.45, 7) is 0. The number of esters is 1. The summed E-state index contributed by atoms with van der Waals surface area (Å²) in [5.41, 5.74) is 0.435. The van der Waals surface area contributed by atoms with E-state index < -0.39 is 13.8 Å². The minimum atomic E-state index is -4.64. The number of benzene rings is 1. The maximum Gasteiger partial charge on any atom is 1.00 e. The molecule has 0 unspecified atom stereocenters. The Morgan fingerprint density at radius 2 is 1.59 bits per heavy atom. The number of hydrogen-bond acceptors (Lipinski definition) is 4. The minimum absolute atomic E-state index is 0. The van der Waals surface area contributed by atoms with Gasteiger partial charge in [0.25, 0.3) is 0 Å². The first-order valence-corrected chi connectivity index (χ1v) is 5.46. The molecule has 0 aliphatic rings. The van der Waals surface area contributed by atoms with E-state index in [1.54, 1.807) is 0 Å². The van der Waals surface area contributed by atoms with Crippen LogP contribution in [-0.2, 0) is 9.30 Å². The monoisotopic (exact) mass is 274 g/mol. The molecule has 0 fully saturated rings. The van der Waals surface area contributed by atoms with Gasteiger partial charge in [0.05, 0.1) is 12.7 Å². The second kappa shape index (κ2) is 8.66. The molecular formula is C8H12NaO7P. The second-order valence-electron chi connectivity index (χ2n) is 2.55. The van der Waals surface area contributed by atoms with Gasteiger partial charge in [0.1, 0.15) is 5.75 Å². The van der Waals surface area contributed by atoms with E-state index in [1.807, 2.05) is 0 Å². The van der Waals surface area contributed by atoms with Crippen molar-refractivity contribution in [2.24, 2.45) is 0 Å². The van der Waals surface area contributed by atoms with Gasteiger partial charge in [0, 0.05) is 0 Å². The van der Waals surface area contributed by atoms with Gasteiger partial charge in [-0.3, -0.25) is 0 Å². The average Bonchev–Trinajstić information content (AvgIpc) is 2.15. The molecule has 1 rings (SSSR count). The van der Waals surface area contributed by atoms with Crippen LogP contribution >= 0.6 is 7.82 Å². The Morgan fingerprint density at radius 1 is 1.24 bits per heavy atom. The Hall–Kier alpha value is -0.400. The predicted octanol–water partition coefficient (Wildman–Crippen LogP) is -2.63. The fraction of sp³-hybridized carbons (Fsp3) is 0.125. The number of phenolic OH excluding ortho intramolecular Hbond substituents is 1. The Balaban J connectivity index is -0.000000282. The van der Waals surface area contributed by atoms with Gasteiger partial charge < -0.3 is 26.0 Å². The van der Waals surface area contributed by atoms with Crippen LogP contribution in [0, 0.1) is 0 Å². The van der Waals surface area contributed by atoms with Gasteiger partial charge in [0.2, 0.25) is 0 Å². The number of carbonyl (C=O) groups is 1. The molecule has 17 heavy (non-hydrogen) atoms.